The number of carbonyl (C=O) groups is 2. The lowest BCUT2D eigenvalue weighted by atomic mass is 9.85. The van der Waals surface area contributed by atoms with E-state index in [0.29, 0.717) is 11.3 Å². The molecular formula is C19H20O6. The normalized spacial score (nSPS) is 12.9. The highest BCUT2D eigenvalue weighted by molar-refractivity contribution is 6.15. The molecule has 0 fully saturated rings. The van der Waals surface area contributed by atoms with Crippen molar-refractivity contribution in [3.63, 3.8) is 0 Å². The van der Waals surface area contributed by atoms with Gasteiger partial charge in [-0.2, -0.15) is 0 Å². The molecule has 2 rings (SSSR count). The van der Waals surface area contributed by atoms with Crippen LogP contribution < -0.4 is 4.74 Å². The molecule has 0 N–H and O–H groups in total. The molecule has 0 amide bonds. The molecule has 6 heteroatoms. The van der Waals surface area contributed by atoms with E-state index >= 15 is 0 Å². The number of hydrogen-bond donors (Lipinski definition) is 0. The van der Waals surface area contributed by atoms with Crippen molar-refractivity contribution in [3.05, 3.63) is 65.7 Å². The maximum Gasteiger partial charge on any atom is 0.351 e. The van der Waals surface area contributed by atoms with Crippen LogP contribution in [0, 0.1) is 0 Å². The number of ketones is 1. The Morgan fingerprint density at radius 2 is 1.56 bits per heavy atom. The molecule has 0 aliphatic carbocycles. The lowest BCUT2D eigenvalue weighted by molar-refractivity contribution is -0.177. The maximum atomic E-state index is 13.3. The molecule has 132 valence electrons. The summed E-state index contributed by atoms with van der Waals surface area (Å²) in [7, 11) is 4.14. The average Bonchev–Trinajstić information content (AvgIpc) is 2.68. The van der Waals surface area contributed by atoms with E-state index in [0.717, 1.165) is 0 Å². The lowest BCUT2D eigenvalue weighted by Gasteiger charge is -2.29. The highest BCUT2D eigenvalue weighted by Crippen LogP contribution is 2.32. The Kier molecular flexibility index (Phi) is 6.27. The van der Waals surface area contributed by atoms with Crippen molar-refractivity contribution in [3.8, 4) is 5.75 Å². The number of hydrogen-bond acceptors (Lipinski definition) is 6. The predicted molar refractivity (Wildman–Crippen MR) is 90.4 cm³/mol. The van der Waals surface area contributed by atoms with E-state index in [1.54, 1.807) is 54.6 Å². The third-order valence-corrected chi connectivity index (χ3v) is 3.72. The summed E-state index contributed by atoms with van der Waals surface area (Å²) in [6, 6.07) is 14.9. The van der Waals surface area contributed by atoms with Gasteiger partial charge in [-0.05, 0) is 24.3 Å². The van der Waals surface area contributed by atoms with Gasteiger partial charge in [-0.25, -0.2) is 4.79 Å². The van der Waals surface area contributed by atoms with Gasteiger partial charge < -0.3 is 18.9 Å². The number of esters is 1. The van der Waals surface area contributed by atoms with E-state index in [-0.39, 0.29) is 12.4 Å². The van der Waals surface area contributed by atoms with Crippen LogP contribution in [0.3, 0.4) is 0 Å². The quantitative estimate of drug-likeness (QED) is 0.317. The molecule has 2 aromatic carbocycles. The number of ether oxygens (including phenoxy) is 4. The fourth-order valence-electron chi connectivity index (χ4n) is 2.46. The van der Waals surface area contributed by atoms with Crippen molar-refractivity contribution in [1.82, 2.24) is 0 Å². The van der Waals surface area contributed by atoms with Crippen LogP contribution in [-0.4, -0.2) is 39.9 Å². The van der Waals surface area contributed by atoms with Gasteiger partial charge >= 0.3 is 5.97 Å². The lowest BCUT2D eigenvalue weighted by Crippen LogP contribution is -2.47. The Hall–Kier alpha value is -2.70. The van der Waals surface area contributed by atoms with Crippen LogP contribution in [0.2, 0.25) is 0 Å². The van der Waals surface area contributed by atoms with E-state index in [1.807, 2.05) is 0 Å². The van der Waals surface area contributed by atoms with Crippen LogP contribution in [0.15, 0.2) is 54.6 Å². The van der Waals surface area contributed by atoms with Crippen LogP contribution in [-0.2, 0) is 24.6 Å². The Morgan fingerprint density at radius 1 is 0.920 bits per heavy atom. The molecule has 1 unspecified atom stereocenters. The fourth-order valence-corrected chi connectivity index (χ4v) is 2.46. The molecule has 0 aliphatic rings. The molecular weight excluding hydrogens is 324 g/mol. The van der Waals surface area contributed by atoms with Gasteiger partial charge in [0.1, 0.15) is 12.5 Å². The Balaban J connectivity index is 2.58. The second-order valence-corrected chi connectivity index (χ2v) is 5.15. The van der Waals surface area contributed by atoms with Crippen molar-refractivity contribution >= 4 is 11.8 Å². The first kappa shape index (κ1) is 18.6. The molecule has 2 aromatic rings. The molecule has 0 bridgehead atoms. The summed E-state index contributed by atoms with van der Waals surface area (Å²) in [5, 5.41) is 0. The summed E-state index contributed by atoms with van der Waals surface area (Å²) in [4.78, 5) is 25.9. The molecule has 0 saturated carbocycles. The first-order valence-corrected chi connectivity index (χ1v) is 7.55. The SMILES string of the molecule is COCOC(C(=O)OC)(C(=O)c1ccc(OC)cc1)c1ccccc1. The summed E-state index contributed by atoms with van der Waals surface area (Å²) in [5.74, 6) is -0.778. The molecule has 0 aliphatic heterocycles. The zero-order chi connectivity index (χ0) is 18.3. The smallest absolute Gasteiger partial charge is 0.351 e. The minimum Gasteiger partial charge on any atom is -0.497 e. The summed E-state index contributed by atoms with van der Waals surface area (Å²) in [6.45, 7) is -0.258. The van der Waals surface area contributed by atoms with E-state index in [4.69, 9.17) is 18.9 Å². The van der Waals surface area contributed by atoms with Crippen LogP contribution in [0.25, 0.3) is 0 Å². The molecule has 0 saturated heterocycles. The highest BCUT2D eigenvalue weighted by Gasteiger charge is 2.50. The van der Waals surface area contributed by atoms with Gasteiger partial charge in [-0.15, -0.1) is 0 Å². The number of carbonyl (C=O) groups excluding carboxylic acids is 2. The molecule has 1 atom stereocenters. The standard InChI is InChI=1S/C19H20O6/c1-22-13-25-19(18(21)24-3,15-7-5-4-6-8-15)17(20)14-9-11-16(23-2)12-10-14/h4-12H,13H2,1-3H3. The number of benzene rings is 2. The van der Waals surface area contributed by atoms with Crippen molar-refractivity contribution < 1.29 is 28.5 Å². The van der Waals surface area contributed by atoms with E-state index in [2.05, 4.69) is 0 Å². The minimum atomic E-state index is -1.96. The van der Waals surface area contributed by atoms with Crippen LogP contribution >= 0.6 is 0 Å². The van der Waals surface area contributed by atoms with Crippen LogP contribution in [0.5, 0.6) is 5.75 Å². The predicted octanol–water partition coefficient (Wildman–Crippen LogP) is 2.57. The van der Waals surface area contributed by atoms with Crippen molar-refractivity contribution in [2.45, 2.75) is 5.60 Å². The van der Waals surface area contributed by atoms with Gasteiger partial charge in [0.25, 0.3) is 5.60 Å². The third-order valence-electron chi connectivity index (χ3n) is 3.72. The molecule has 0 radical (unpaired) electrons. The second kappa shape index (κ2) is 8.41. The zero-order valence-corrected chi connectivity index (χ0v) is 14.4. The van der Waals surface area contributed by atoms with E-state index in [9.17, 15) is 9.59 Å². The molecule has 0 heterocycles. The van der Waals surface area contributed by atoms with Gasteiger partial charge in [-0.3, -0.25) is 4.79 Å². The molecule has 0 spiro atoms. The van der Waals surface area contributed by atoms with Crippen LogP contribution in [0.1, 0.15) is 15.9 Å². The summed E-state index contributed by atoms with van der Waals surface area (Å²) >= 11 is 0. The van der Waals surface area contributed by atoms with Gasteiger partial charge in [0.2, 0.25) is 5.78 Å². The van der Waals surface area contributed by atoms with Gasteiger partial charge in [0, 0.05) is 18.2 Å². The van der Waals surface area contributed by atoms with E-state index < -0.39 is 17.4 Å². The monoisotopic (exact) mass is 344 g/mol. The van der Waals surface area contributed by atoms with Crippen molar-refractivity contribution in [1.29, 1.82) is 0 Å². The maximum absolute atomic E-state index is 13.3. The molecule has 6 nitrogen and oxygen atoms in total. The highest BCUT2D eigenvalue weighted by atomic mass is 16.7. The third kappa shape index (κ3) is 3.70. The van der Waals surface area contributed by atoms with Gasteiger partial charge in [0.05, 0.1) is 14.2 Å². The first-order valence-electron chi connectivity index (χ1n) is 7.55. The largest absolute Gasteiger partial charge is 0.497 e. The van der Waals surface area contributed by atoms with Crippen molar-refractivity contribution in [2.75, 3.05) is 28.1 Å². The first-order chi connectivity index (χ1) is 12.1. The minimum absolute atomic E-state index is 0.258. The number of rotatable bonds is 8. The summed E-state index contributed by atoms with van der Waals surface area (Å²) in [6.07, 6.45) is 0. The van der Waals surface area contributed by atoms with Crippen molar-refractivity contribution in [2.24, 2.45) is 0 Å². The Bertz CT molecular complexity index is 710. The fraction of sp³-hybridized carbons (Fsp3) is 0.263. The van der Waals surface area contributed by atoms with Crippen LogP contribution in [0.4, 0.5) is 0 Å². The number of methoxy groups -OCH3 is 3. The second-order valence-electron chi connectivity index (χ2n) is 5.15. The summed E-state index contributed by atoms with van der Waals surface area (Å²) in [5.41, 5.74) is -1.31. The average molecular weight is 344 g/mol. The molecule has 25 heavy (non-hydrogen) atoms. The Labute approximate surface area is 146 Å². The van der Waals surface area contributed by atoms with Gasteiger partial charge in [0.15, 0.2) is 0 Å². The topological polar surface area (TPSA) is 71.1 Å². The number of Topliss-reactive ketones (excluding diaryl/α,β-unsaturated/α-hetero) is 1. The molecule has 0 aromatic heterocycles. The summed E-state index contributed by atoms with van der Waals surface area (Å²) < 4.78 is 20.5. The zero-order valence-electron chi connectivity index (χ0n) is 14.4. The van der Waals surface area contributed by atoms with E-state index in [1.165, 1.54) is 21.3 Å². The Morgan fingerprint density at radius 3 is 2.08 bits per heavy atom. The van der Waals surface area contributed by atoms with Gasteiger partial charge in [-0.1, -0.05) is 30.3 Å².